The molecule has 8 aromatic rings. The fourth-order valence-electron chi connectivity index (χ4n) is 7.59. The molecule has 0 spiro atoms. The lowest BCUT2D eigenvalue weighted by molar-refractivity contribution is 0.747. The number of aromatic nitrogens is 5. The van der Waals surface area contributed by atoms with Crippen molar-refractivity contribution >= 4 is 38.8 Å². The molecule has 6 nitrogen and oxygen atoms in total. The van der Waals surface area contributed by atoms with E-state index >= 15 is 0 Å². The minimum Gasteiger partial charge on any atom is -0.332 e. The summed E-state index contributed by atoms with van der Waals surface area (Å²) in [5.41, 5.74) is 9.93. The van der Waals surface area contributed by atoms with E-state index in [4.69, 9.17) is 15.0 Å². The van der Waals surface area contributed by atoms with Crippen molar-refractivity contribution in [3.8, 4) is 28.7 Å². The van der Waals surface area contributed by atoms with Crippen molar-refractivity contribution < 1.29 is 0 Å². The lowest BCUT2D eigenvalue weighted by Gasteiger charge is -2.29. The SMILES string of the molecule is C1=CC2C(C=C1c1ccc3c4ccccc4n(-c4nc(-c5ccccc5)nc(-c5ccccc5)n4)c3c1)c1ccncc1N2c1ccccc1. The quantitative estimate of drug-likeness (QED) is 0.187. The number of pyridine rings is 1. The highest BCUT2D eigenvalue weighted by Crippen LogP contribution is 2.49. The van der Waals surface area contributed by atoms with Crippen molar-refractivity contribution in [3.05, 3.63) is 181 Å². The molecule has 2 atom stereocenters. The third kappa shape index (κ3) is 4.57. The van der Waals surface area contributed by atoms with Gasteiger partial charge in [-0.3, -0.25) is 9.55 Å². The number of allylic oxidation sites excluding steroid dienone is 2. The molecule has 0 fully saturated rings. The Morgan fingerprint density at radius 3 is 1.96 bits per heavy atom. The van der Waals surface area contributed by atoms with E-state index in [1.807, 2.05) is 73.1 Å². The van der Waals surface area contributed by atoms with Gasteiger partial charge in [0.05, 0.1) is 29.0 Å². The van der Waals surface area contributed by atoms with Crippen molar-refractivity contribution in [2.75, 3.05) is 4.90 Å². The monoisotopic (exact) mass is 642 g/mol. The Bertz CT molecular complexity index is 2550. The lowest BCUT2D eigenvalue weighted by Crippen LogP contribution is -2.28. The van der Waals surface area contributed by atoms with Gasteiger partial charge in [-0.25, -0.2) is 4.98 Å². The second kappa shape index (κ2) is 11.5. The van der Waals surface area contributed by atoms with Gasteiger partial charge in [-0.1, -0.05) is 127 Å². The molecule has 0 saturated carbocycles. The summed E-state index contributed by atoms with van der Waals surface area (Å²) in [5.74, 6) is 2.06. The largest absolute Gasteiger partial charge is 0.332 e. The molecule has 2 aliphatic rings. The molecule has 0 N–H and O–H groups in total. The first-order valence-electron chi connectivity index (χ1n) is 16.9. The number of para-hydroxylation sites is 2. The molecule has 1 aliphatic heterocycles. The molecule has 6 heteroatoms. The first-order valence-corrected chi connectivity index (χ1v) is 16.9. The third-order valence-electron chi connectivity index (χ3n) is 9.88. The van der Waals surface area contributed by atoms with Gasteiger partial charge >= 0.3 is 0 Å². The number of benzene rings is 5. The van der Waals surface area contributed by atoms with E-state index in [9.17, 15) is 0 Å². The number of anilines is 2. The first-order chi connectivity index (χ1) is 24.8. The normalized spacial score (nSPS) is 16.4. The molecular formula is C44H30N6. The summed E-state index contributed by atoms with van der Waals surface area (Å²) in [6, 6.07) is 48.5. The summed E-state index contributed by atoms with van der Waals surface area (Å²) < 4.78 is 2.19. The van der Waals surface area contributed by atoms with Crippen LogP contribution in [0.25, 0.3) is 56.1 Å². The highest BCUT2D eigenvalue weighted by molar-refractivity contribution is 6.10. The van der Waals surface area contributed by atoms with E-state index in [0.29, 0.717) is 17.6 Å². The van der Waals surface area contributed by atoms with Crippen LogP contribution in [0.2, 0.25) is 0 Å². The minimum absolute atomic E-state index is 0.175. The molecule has 3 aromatic heterocycles. The van der Waals surface area contributed by atoms with Crippen LogP contribution in [0, 0.1) is 0 Å². The van der Waals surface area contributed by atoms with Gasteiger partial charge in [-0.15, -0.1) is 0 Å². The smallest absolute Gasteiger partial charge is 0.238 e. The molecule has 0 saturated heterocycles. The molecule has 4 heterocycles. The van der Waals surface area contributed by atoms with Crippen molar-refractivity contribution in [1.29, 1.82) is 0 Å². The molecular weight excluding hydrogens is 613 g/mol. The average molecular weight is 643 g/mol. The van der Waals surface area contributed by atoms with Gasteiger partial charge < -0.3 is 4.90 Å². The van der Waals surface area contributed by atoms with Gasteiger partial charge in [0.1, 0.15) is 0 Å². The molecule has 0 bridgehead atoms. The number of hydrogen-bond acceptors (Lipinski definition) is 5. The van der Waals surface area contributed by atoms with E-state index in [1.165, 1.54) is 16.8 Å². The standard InChI is InChI=1S/C44H30N6/c1-4-12-29(13-5-1)42-46-43(30-14-6-2-7-15-30)48-44(47-42)50-38-19-11-10-18-34(38)35-22-20-32(27-40(35)50)31-21-23-39-37(26-31)36-24-25-45-28-41(36)49(39)33-16-8-3-9-17-33/h1-28,37,39H. The third-order valence-corrected chi connectivity index (χ3v) is 9.88. The van der Waals surface area contributed by atoms with Crippen LogP contribution in [-0.4, -0.2) is 30.5 Å². The van der Waals surface area contributed by atoms with Crippen LogP contribution in [0.3, 0.4) is 0 Å². The maximum absolute atomic E-state index is 5.12. The zero-order valence-corrected chi connectivity index (χ0v) is 27.0. The van der Waals surface area contributed by atoms with Gasteiger partial charge in [-0.2, -0.15) is 9.97 Å². The highest BCUT2D eigenvalue weighted by atomic mass is 15.2. The van der Waals surface area contributed by atoms with Gasteiger partial charge in [-0.05, 0) is 47.0 Å². The lowest BCUT2D eigenvalue weighted by atomic mass is 9.86. The second-order valence-electron chi connectivity index (χ2n) is 12.7. The van der Waals surface area contributed by atoms with Crippen LogP contribution in [0.4, 0.5) is 11.4 Å². The van der Waals surface area contributed by atoms with Crippen LogP contribution in [0.15, 0.2) is 170 Å². The van der Waals surface area contributed by atoms with Crippen LogP contribution in [-0.2, 0) is 0 Å². The minimum atomic E-state index is 0.175. The topological polar surface area (TPSA) is 59.7 Å². The Kier molecular flexibility index (Phi) is 6.52. The second-order valence-corrected chi connectivity index (χ2v) is 12.7. The predicted molar refractivity (Wildman–Crippen MR) is 202 cm³/mol. The Hall–Kier alpha value is -6.66. The summed E-state index contributed by atoms with van der Waals surface area (Å²) in [6.45, 7) is 0. The van der Waals surface area contributed by atoms with Crippen molar-refractivity contribution in [2.24, 2.45) is 0 Å². The fraction of sp³-hybridized carbons (Fsp3) is 0.0455. The Morgan fingerprint density at radius 1 is 0.560 bits per heavy atom. The Balaban J connectivity index is 1.14. The summed E-state index contributed by atoms with van der Waals surface area (Å²) in [6.07, 6.45) is 10.9. The van der Waals surface area contributed by atoms with Crippen molar-refractivity contribution in [3.63, 3.8) is 0 Å². The zero-order valence-electron chi connectivity index (χ0n) is 27.0. The van der Waals surface area contributed by atoms with E-state index in [1.54, 1.807) is 0 Å². The summed E-state index contributed by atoms with van der Waals surface area (Å²) in [5, 5.41) is 2.30. The van der Waals surface area contributed by atoms with E-state index < -0.39 is 0 Å². The predicted octanol–water partition coefficient (Wildman–Crippen LogP) is 9.95. The van der Waals surface area contributed by atoms with Gasteiger partial charge in [0.25, 0.3) is 0 Å². The van der Waals surface area contributed by atoms with Crippen LogP contribution < -0.4 is 4.90 Å². The fourth-order valence-corrected chi connectivity index (χ4v) is 7.59. The highest BCUT2D eigenvalue weighted by Gasteiger charge is 2.38. The first kappa shape index (κ1) is 28.4. The molecule has 2 unspecified atom stereocenters. The van der Waals surface area contributed by atoms with Crippen LogP contribution in [0.1, 0.15) is 17.0 Å². The van der Waals surface area contributed by atoms with Gasteiger partial charge in [0.15, 0.2) is 11.6 Å². The summed E-state index contributed by atoms with van der Waals surface area (Å²) in [7, 11) is 0. The average Bonchev–Trinajstić information content (AvgIpc) is 3.71. The Morgan fingerprint density at radius 2 is 1.22 bits per heavy atom. The van der Waals surface area contributed by atoms with Crippen molar-refractivity contribution in [2.45, 2.75) is 12.0 Å². The molecule has 0 radical (unpaired) electrons. The molecule has 10 rings (SSSR count). The number of hydrogen-bond donors (Lipinski definition) is 0. The van der Waals surface area contributed by atoms with E-state index in [-0.39, 0.29) is 12.0 Å². The Labute approximate surface area is 289 Å². The molecule has 236 valence electrons. The van der Waals surface area contributed by atoms with Crippen LogP contribution >= 0.6 is 0 Å². The van der Waals surface area contributed by atoms with E-state index in [2.05, 4.69) is 112 Å². The van der Waals surface area contributed by atoms with Gasteiger partial charge in [0, 0.05) is 39.7 Å². The molecule has 1 aliphatic carbocycles. The molecule has 5 aromatic carbocycles. The van der Waals surface area contributed by atoms with Crippen molar-refractivity contribution in [1.82, 2.24) is 24.5 Å². The number of rotatable bonds is 5. The van der Waals surface area contributed by atoms with Crippen LogP contribution in [0.5, 0.6) is 0 Å². The maximum atomic E-state index is 5.12. The van der Waals surface area contributed by atoms with E-state index in [0.717, 1.165) is 44.2 Å². The maximum Gasteiger partial charge on any atom is 0.238 e. The molecule has 0 amide bonds. The summed E-state index contributed by atoms with van der Waals surface area (Å²) >= 11 is 0. The number of nitrogens with zero attached hydrogens (tertiary/aromatic N) is 6. The molecule has 50 heavy (non-hydrogen) atoms. The number of fused-ring (bicyclic) bond motifs is 6. The summed E-state index contributed by atoms with van der Waals surface area (Å²) in [4.78, 5) is 22.1. The zero-order chi connectivity index (χ0) is 33.0. The van der Waals surface area contributed by atoms with Gasteiger partial charge in [0.2, 0.25) is 5.95 Å².